The van der Waals surface area contributed by atoms with Gasteiger partial charge in [0.25, 0.3) is 0 Å². The van der Waals surface area contributed by atoms with Crippen molar-refractivity contribution in [3.05, 3.63) is 29.6 Å². The molecule has 0 fully saturated rings. The minimum absolute atomic E-state index is 0. The van der Waals surface area contributed by atoms with Crippen molar-refractivity contribution in [1.82, 2.24) is 4.98 Å². The molecule has 0 saturated carbocycles. The van der Waals surface area contributed by atoms with Gasteiger partial charge in [0.1, 0.15) is 0 Å². The molecule has 1 rings (SSSR count). The van der Waals surface area contributed by atoms with Crippen molar-refractivity contribution >= 4 is 28.3 Å². The number of nitrogens with zero attached hydrogens (tertiary/aromatic N) is 1. The second-order valence-corrected chi connectivity index (χ2v) is 2.52. The molecule has 1 heterocycles. The molecule has 56 valence electrons. The number of hydrogen-bond acceptors (Lipinski definition) is 1. The van der Waals surface area contributed by atoms with E-state index in [1.807, 2.05) is 19.2 Å². The first kappa shape index (κ1) is 9.92. The summed E-state index contributed by atoms with van der Waals surface area (Å²) in [7, 11) is 0. The van der Waals surface area contributed by atoms with Crippen LogP contribution < -0.4 is 0 Å². The molecule has 0 aliphatic rings. The van der Waals surface area contributed by atoms with Crippen molar-refractivity contribution in [1.29, 1.82) is 0 Å². The first-order valence-corrected chi connectivity index (χ1v) is 3.92. The molecule has 0 aliphatic heterocycles. The largest absolute Gasteiger partial charge is 0.260 e. The van der Waals surface area contributed by atoms with Crippen molar-refractivity contribution in [2.75, 3.05) is 0 Å². The number of alkyl halides is 1. The second-order valence-electron chi connectivity index (χ2n) is 1.96. The third-order valence-corrected chi connectivity index (χ3v) is 1.68. The minimum Gasteiger partial charge on any atom is -0.260 e. The molecule has 0 saturated heterocycles. The van der Waals surface area contributed by atoms with Crippen LogP contribution in [-0.2, 0) is 5.33 Å². The zero-order valence-electron chi connectivity index (χ0n) is 5.67. The van der Waals surface area contributed by atoms with Gasteiger partial charge in [-0.15, -0.1) is 12.4 Å². The standard InChI is InChI=1S/C7H8BrN.ClH/c1-6-2-3-7(4-8)9-5-6;/h2-3,5H,4H2,1H3;1H. The summed E-state index contributed by atoms with van der Waals surface area (Å²) >= 11 is 3.32. The van der Waals surface area contributed by atoms with Crippen LogP contribution in [0.15, 0.2) is 18.3 Å². The van der Waals surface area contributed by atoms with E-state index in [4.69, 9.17) is 0 Å². The molecular formula is C7H9BrClN. The fraction of sp³-hybridized carbons (Fsp3) is 0.286. The molecule has 10 heavy (non-hydrogen) atoms. The summed E-state index contributed by atoms with van der Waals surface area (Å²) < 4.78 is 0. The Morgan fingerprint density at radius 2 is 2.20 bits per heavy atom. The third-order valence-electron chi connectivity index (χ3n) is 1.11. The van der Waals surface area contributed by atoms with Crippen LogP contribution in [-0.4, -0.2) is 4.98 Å². The highest BCUT2D eigenvalue weighted by atomic mass is 79.9. The number of aryl methyl sites for hydroxylation is 1. The molecule has 1 aromatic heterocycles. The van der Waals surface area contributed by atoms with Crippen molar-refractivity contribution in [2.45, 2.75) is 12.3 Å². The first-order chi connectivity index (χ1) is 4.33. The van der Waals surface area contributed by atoms with Crippen LogP contribution in [0.3, 0.4) is 0 Å². The van der Waals surface area contributed by atoms with E-state index in [1.165, 1.54) is 5.56 Å². The smallest absolute Gasteiger partial charge is 0.0509 e. The Kier molecular flexibility index (Phi) is 4.65. The monoisotopic (exact) mass is 221 g/mol. The molecule has 0 radical (unpaired) electrons. The van der Waals surface area contributed by atoms with Gasteiger partial charge in [0.05, 0.1) is 5.69 Å². The van der Waals surface area contributed by atoms with E-state index in [0.29, 0.717) is 0 Å². The zero-order chi connectivity index (χ0) is 6.69. The van der Waals surface area contributed by atoms with Crippen molar-refractivity contribution in [3.8, 4) is 0 Å². The lowest BCUT2D eigenvalue weighted by molar-refractivity contribution is 1.16. The minimum atomic E-state index is 0. The van der Waals surface area contributed by atoms with Crippen LogP contribution in [0, 0.1) is 6.92 Å². The highest BCUT2D eigenvalue weighted by molar-refractivity contribution is 9.08. The molecule has 0 aromatic carbocycles. The summed E-state index contributed by atoms with van der Waals surface area (Å²) in [6.07, 6.45) is 1.87. The lowest BCUT2D eigenvalue weighted by Crippen LogP contribution is -1.82. The van der Waals surface area contributed by atoms with Crippen LogP contribution in [0.5, 0.6) is 0 Å². The average Bonchev–Trinajstić information content (AvgIpc) is 1.90. The molecule has 3 heteroatoms. The first-order valence-electron chi connectivity index (χ1n) is 2.80. The highest BCUT2D eigenvalue weighted by Crippen LogP contribution is 2.01. The van der Waals surface area contributed by atoms with Crippen LogP contribution in [0.1, 0.15) is 11.3 Å². The Hall–Kier alpha value is -0.0800. The third kappa shape index (κ3) is 2.67. The van der Waals surface area contributed by atoms with Crippen LogP contribution in [0.2, 0.25) is 0 Å². The summed E-state index contributed by atoms with van der Waals surface area (Å²) in [5.41, 5.74) is 2.29. The van der Waals surface area contributed by atoms with Gasteiger partial charge in [-0.2, -0.15) is 0 Å². The van der Waals surface area contributed by atoms with Gasteiger partial charge in [-0.05, 0) is 18.6 Å². The van der Waals surface area contributed by atoms with Crippen molar-refractivity contribution in [2.24, 2.45) is 0 Å². The molecular weight excluding hydrogens is 213 g/mol. The van der Waals surface area contributed by atoms with Gasteiger partial charge in [-0.25, -0.2) is 0 Å². The molecule has 0 spiro atoms. The maximum absolute atomic E-state index is 4.15. The van der Waals surface area contributed by atoms with E-state index in [1.54, 1.807) is 0 Å². The Morgan fingerprint density at radius 3 is 2.60 bits per heavy atom. The Labute approximate surface area is 75.4 Å². The fourth-order valence-electron chi connectivity index (χ4n) is 0.577. The predicted octanol–water partition coefficient (Wildman–Crippen LogP) is 2.71. The molecule has 0 aliphatic carbocycles. The molecule has 0 N–H and O–H groups in total. The number of hydrogen-bond donors (Lipinski definition) is 0. The molecule has 1 nitrogen and oxygen atoms in total. The SMILES string of the molecule is Cc1ccc(CBr)nc1.Cl. The fourth-order valence-corrected chi connectivity index (χ4v) is 0.909. The summed E-state index contributed by atoms with van der Waals surface area (Å²) in [4.78, 5) is 4.15. The van der Waals surface area contributed by atoms with E-state index >= 15 is 0 Å². The van der Waals surface area contributed by atoms with Gasteiger partial charge in [-0.1, -0.05) is 22.0 Å². The van der Waals surface area contributed by atoms with Gasteiger partial charge < -0.3 is 0 Å². The summed E-state index contributed by atoms with van der Waals surface area (Å²) in [6, 6.07) is 4.08. The van der Waals surface area contributed by atoms with E-state index < -0.39 is 0 Å². The van der Waals surface area contributed by atoms with Gasteiger partial charge in [0, 0.05) is 11.5 Å². The highest BCUT2D eigenvalue weighted by Gasteiger charge is 1.87. The Balaban J connectivity index is 0.000000810. The Bertz CT molecular complexity index is 185. The molecule has 0 atom stereocenters. The average molecular weight is 223 g/mol. The van der Waals surface area contributed by atoms with Gasteiger partial charge in [-0.3, -0.25) is 4.98 Å². The van der Waals surface area contributed by atoms with E-state index in [2.05, 4.69) is 27.0 Å². The van der Waals surface area contributed by atoms with Crippen LogP contribution >= 0.6 is 28.3 Å². The van der Waals surface area contributed by atoms with E-state index in [0.717, 1.165) is 11.0 Å². The van der Waals surface area contributed by atoms with Crippen LogP contribution in [0.25, 0.3) is 0 Å². The second kappa shape index (κ2) is 4.69. The number of aromatic nitrogens is 1. The topological polar surface area (TPSA) is 12.9 Å². The lowest BCUT2D eigenvalue weighted by atomic mass is 10.3. The predicted molar refractivity (Wildman–Crippen MR) is 48.9 cm³/mol. The number of rotatable bonds is 1. The van der Waals surface area contributed by atoms with Crippen molar-refractivity contribution < 1.29 is 0 Å². The van der Waals surface area contributed by atoms with E-state index in [-0.39, 0.29) is 12.4 Å². The van der Waals surface area contributed by atoms with Crippen LogP contribution in [0.4, 0.5) is 0 Å². The number of halogens is 2. The normalized spacial score (nSPS) is 8.60. The summed E-state index contributed by atoms with van der Waals surface area (Å²) in [6.45, 7) is 2.03. The van der Waals surface area contributed by atoms with E-state index in [9.17, 15) is 0 Å². The summed E-state index contributed by atoms with van der Waals surface area (Å²) in [5, 5.41) is 0.841. The molecule has 0 amide bonds. The lowest BCUT2D eigenvalue weighted by Gasteiger charge is -1.92. The molecule has 0 unspecified atom stereocenters. The maximum Gasteiger partial charge on any atom is 0.0509 e. The number of pyridine rings is 1. The van der Waals surface area contributed by atoms with Gasteiger partial charge in [0.15, 0.2) is 0 Å². The Morgan fingerprint density at radius 1 is 1.50 bits per heavy atom. The molecule has 1 aromatic rings. The quantitative estimate of drug-likeness (QED) is 0.666. The van der Waals surface area contributed by atoms with Gasteiger partial charge >= 0.3 is 0 Å². The van der Waals surface area contributed by atoms with Crippen molar-refractivity contribution in [3.63, 3.8) is 0 Å². The molecule has 0 bridgehead atoms. The maximum atomic E-state index is 4.15. The zero-order valence-corrected chi connectivity index (χ0v) is 8.08. The summed E-state index contributed by atoms with van der Waals surface area (Å²) in [5.74, 6) is 0. The van der Waals surface area contributed by atoms with Gasteiger partial charge in [0.2, 0.25) is 0 Å².